The lowest BCUT2D eigenvalue weighted by Crippen LogP contribution is -2.47. The van der Waals surface area contributed by atoms with Crippen molar-refractivity contribution in [3.05, 3.63) is 54.1 Å². The number of carbonyl (C=O) groups excluding carboxylic acids is 1. The molecule has 180 valence electrons. The molecule has 0 bridgehead atoms. The second-order valence-corrected chi connectivity index (χ2v) is 11.2. The van der Waals surface area contributed by atoms with Gasteiger partial charge in [-0.05, 0) is 75.4 Å². The predicted molar refractivity (Wildman–Crippen MR) is 132 cm³/mol. The van der Waals surface area contributed by atoms with Crippen molar-refractivity contribution < 1.29 is 17.9 Å². The van der Waals surface area contributed by atoms with Crippen molar-refractivity contribution in [1.29, 1.82) is 0 Å². The number of benzene rings is 2. The molecule has 1 heterocycles. The van der Waals surface area contributed by atoms with E-state index in [0.29, 0.717) is 6.04 Å². The van der Waals surface area contributed by atoms with Gasteiger partial charge in [-0.25, -0.2) is 13.1 Å². The predicted octanol–water partition coefficient (Wildman–Crippen LogP) is 4.39. The second kappa shape index (κ2) is 10.8. The highest BCUT2D eigenvalue weighted by atomic mass is 32.2. The minimum atomic E-state index is -3.74. The standard InChI is InChI=1S/C26H36N2O4S/c1-5-25(29)32-19-26(3,4)27-33(30,31)24-14-12-23(13-15-24)22-10-8-21(9-11-22)16-18-28-17-6-7-20(28)2/h8-15,20,27H,5-7,16-19H2,1-4H3. The van der Waals surface area contributed by atoms with Crippen molar-refractivity contribution in [1.82, 2.24) is 9.62 Å². The summed E-state index contributed by atoms with van der Waals surface area (Å²) < 4.78 is 33.3. The number of carbonyl (C=O) groups is 1. The maximum absolute atomic E-state index is 12.8. The van der Waals surface area contributed by atoms with Gasteiger partial charge in [0.25, 0.3) is 0 Å². The lowest BCUT2D eigenvalue weighted by molar-refractivity contribution is -0.144. The van der Waals surface area contributed by atoms with Gasteiger partial charge in [-0.1, -0.05) is 43.3 Å². The highest BCUT2D eigenvalue weighted by Gasteiger charge is 2.27. The maximum atomic E-state index is 12.8. The lowest BCUT2D eigenvalue weighted by atomic mass is 10.0. The number of likely N-dealkylation sites (tertiary alicyclic amines) is 1. The van der Waals surface area contributed by atoms with Gasteiger partial charge in [0, 0.05) is 19.0 Å². The van der Waals surface area contributed by atoms with E-state index in [1.165, 1.54) is 24.9 Å². The third-order valence-corrected chi connectivity index (χ3v) is 7.84. The fraction of sp³-hybridized carbons (Fsp3) is 0.500. The summed E-state index contributed by atoms with van der Waals surface area (Å²) >= 11 is 0. The van der Waals surface area contributed by atoms with Gasteiger partial charge >= 0.3 is 5.97 Å². The Bertz CT molecular complexity index is 1030. The van der Waals surface area contributed by atoms with E-state index < -0.39 is 15.6 Å². The quantitative estimate of drug-likeness (QED) is 0.519. The minimum absolute atomic E-state index is 0.0278. The van der Waals surface area contributed by atoms with E-state index in [1.807, 2.05) is 12.1 Å². The number of hydrogen-bond acceptors (Lipinski definition) is 5. The van der Waals surface area contributed by atoms with Crippen molar-refractivity contribution >= 4 is 16.0 Å². The number of sulfonamides is 1. The van der Waals surface area contributed by atoms with E-state index in [1.54, 1.807) is 32.9 Å². The Morgan fingerprint density at radius 2 is 1.70 bits per heavy atom. The largest absolute Gasteiger partial charge is 0.464 e. The van der Waals surface area contributed by atoms with Gasteiger partial charge in [-0.3, -0.25) is 4.79 Å². The molecule has 1 fully saturated rings. The molecular weight excluding hydrogens is 436 g/mol. The molecule has 1 saturated heterocycles. The first kappa shape index (κ1) is 25.4. The average Bonchev–Trinajstić information content (AvgIpc) is 3.20. The van der Waals surface area contributed by atoms with Crippen LogP contribution in [0, 0.1) is 0 Å². The van der Waals surface area contributed by atoms with Crippen LogP contribution in [0.4, 0.5) is 0 Å². The van der Waals surface area contributed by atoms with E-state index in [9.17, 15) is 13.2 Å². The first-order valence-electron chi connectivity index (χ1n) is 11.7. The number of esters is 1. The SMILES string of the molecule is CCC(=O)OCC(C)(C)NS(=O)(=O)c1ccc(-c2ccc(CCN3CCCC3C)cc2)cc1. The van der Waals surface area contributed by atoms with Crippen LogP contribution >= 0.6 is 0 Å². The Labute approximate surface area is 198 Å². The van der Waals surface area contributed by atoms with Crippen molar-refractivity contribution in [3.63, 3.8) is 0 Å². The van der Waals surface area contributed by atoms with Crippen LogP contribution in [0.1, 0.15) is 52.5 Å². The summed E-state index contributed by atoms with van der Waals surface area (Å²) in [7, 11) is -3.74. The molecule has 2 aromatic rings. The van der Waals surface area contributed by atoms with Crippen LogP contribution in [0.25, 0.3) is 11.1 Å². The number of rotatable bonds is 10. The van der Waals surface area contributed by atoms with Crippen LogP contribution in [0.5, 0.6) is 0 Å². The summed E-state index contributed by atoms with van der Waals surface area (Å²) in [4.78, 5) is 14.1. The molecular formula is C26H36N2O4S. The molecule has 0 radical (unpaired) electrons. The van der Waals surface area contributed by atoms with E-state index >= 15 is 0 Å². The molecule has 0 saturated carbocycles. The average molecular weight is 473 g/mol. The molecule has 0 amide bonds. The third kappa shape index (κ3) is 7.13. The Balaban J connectivity index is 1.61. The number of nitrogens with one attached hydrogen (secondary N) is 1. The minimum Gasteiger partial charge on any atom is -0.464 e. The Kier molecular flexibility index (Phi) is 8.32. The topological polar surface area (TPSA) is 75.7 Å². The molecule has 33 heavy (non-hydrogen) atoms. The van der Waals surface area contributed by atoms with E-state index in [4.69, 9.17) is 4.74 Å². The summed E-state index contributed by atoms with van der Waals surface area (Å²) in [6.45, 7) is 9.64. The highest BCUT2D eigenvalue weighted by Crippen LogP contribution is 2.23. The zero-order chi connectivity index (χ0) is 24.1. The first-order chi connectivity index (χ1) is 15.6. The fourth-order valence-corrected chi connectivity index (χ4v) is 5.50. The van der Waals surface area contributed by atoms with Crippen LogP contribution in [-0.4, -0.2) is 50.6 Å². The van der Waals surface area contributed by atoms with E-state index in [0.717, 1.165) is 24.1 Å². The van der Waals surface area contributed by atoms with Gasteiger partial charge in [0.05, 0.1) is 10.4 Å². The highest BCUT2D eigenvalue weighted by molar-refractivity contribution is 7.89. The van der Waals surface area contributed by atoms with Crippen molar-refractivity contribution in [2.24, 2.45) is 0 Å². The molecule has 6 nitrogen and oxygen atoms in total. The van der Waals surface area contributed by atoms with Gasteiger partial charge in [0.15, 0.2) is 0 Å². The zero-order valence-corrected chi connectivity index (χ0v) is 21.0. The lowest BCUT2D eigenvalue weighted by Gasteiger charge is -2.25. The molecule has 1 aliphatic heterocycles. The maximum Gasteiger partial charge on any atom is 0.305 e. The monoisotopic (exact) mass is 472 g/mol. The van der Waals surface area contributed by atoms with E-state index in [-0.39, 0.29) is 23.9 Å². The van der Waals surface area contributed by atoms with Gasteiger partial charge in [0.2, 0.25) is 10.0 Å². The summed E-state index contributed by atoms with van der Waals surface area (Å²) in [5.41, 5.74) is 2.42. The Hall–Kier alpha value is -2.22. The van der Waals surface area contributed by atoms with Crippen LogP contribution in [-0.2, 0) is 26.0 Å². The fourth-order valence-electron chi connectivity index (χ4n) is 4.10. The van der Waals surface area contributed by atoms with Gasteiger partial charge in [-0.15, -0.1) is 0 Å². The number of nitrogens with zero attached hydrogens (tertiary/aromatic N) is 1. The molecule has 0 aliphatic carbocycles. The van der Waals surface area contributed by atoms with Gasteiger partial charge in [0.1, 0.15) is 6.61 Å². The Morgan fingerprint density at radius 1 is 1.09 bits per heavy atom. The third-order valence-electron chi connectivity index (χ3n) is 6.12. The first-order valence-corrected chi connectivity index (χ1v) is 13.2. The van der Waals surface area contributed by atoms with Crippen LogP contribution in [0.3, 0.4) is 0 Å². The smallest absolute Gasteiger partial charge is 0.305 e. The second-order valence-electron chi connectivity index (χ2n) is 9.50. The molecule has 1 aliphatic rings. The molecule has 3 rings (SSSR count). The molecule has 0 aromatic heterocycles. The molecule has 7 heteroatoms. The number of ether oxygens (including phenoxy) is 1. The molecule has 1 N–H and O–H groups in total. The molecule has 0 spiro atoms. The van der Waals surface area contributed by atoms with Crippen LogP contribution < -0.4 is 4.72 Å². The summed E-state index contributed by atoms with van der Waals surface area (Å²) in [6, 6.07) is 16.0. The van der Waals surface area contributed by atoms with Crippen molar-refractivity contribution in [2.75, 3.05) is 19.7 Å². The summed E-state index contributed by atoms with van der Waals surface area (Å²) in [5.74, 6) is -0.358. The Morgan fingerprint density at radius 3 is 2.24 bits per heavy atom. The van der Waals surface area contributed by atoms with Gasteiger partial charge < -0.3 is 9.64 Å². The van der Waals surface area contributed by atoms with Crippen molar-refractivity contribution in [3.8, 4) is 11.1 Å². The van der Waals surface area contributed by atoms with Crippen LogP contribution in [0.2, 0.25) is 0 Å². The molecule has 1 unspecified atom stereocenters. The van der Waals surface area contributed by atoms with Gasteiger partial charge in [-0.2, -0.15) is 0 Å². The van der Waals surface area contributed by atoms with Crippen molar-refractivity contribution in [2.45, 2.75) is 69.9 Å². The molecule has 2 aromatic carbocycles. The molecule has 1 atom stereocenters. The number of hydrogen-bond donors (Lipinski definition) is 1. The van der Waals surface area contributed by atoms with Crippen LogP contribution in [0.15, 0.2) is 53.4 Å². The zero-order valence-electron chi connectivity index (χ0n) is 20.1. The summed E-state index contributed by atoms with van der Waals surface area (Å²) in [6.07, 6.45) is 3.88. The normalized spacial score (nSPS) is 17.3. The van der Waals surface area contributed by atoms with E-state index in [2.05, 4.69) is 40.8 Å². The summed E-state index contributed by atoms with van der Waals surface area (Å²) in [5, 5.41) is 0.